The van der Waals surface area contributed by atoms with Crippen LogP contribution >= 0.6 is 0 Å². The lowest BCUT2D eigenvalue weighted by atomic mass is 9.97. The molecule has 4 heteroatoms. The third kappa shape index (κ3) is 3.92. The minimum atomic E-state index is 0.480. The van der Waals surface area contributed by atoms with Gasteiger partial charge in [-0.05, 0) is 25.8 Å². The molecule has 0 aromatic rings. The van der Waals surface area contributed by atoms with Gasteiger partial charge in [-0.1, -0.05) is 6.92 Å². The lowest BCUT2D eigenvalue weighted by Crippen LogP contribution is -2.48. The van der Waals surface area contributed by atoms with Crippen molar-refractivity contribution in [2.75, 3.05) is 46.5 Å². The maximum absolute atomic E-state index is 5.53. The van der Waals surface area contributed by atoms with Crippen molar-refractivity contribution in [2.24, 2.45) is 5.92 Å². The van der Waals surface area contributed by atoms with Crippen molar-refractivity contribution in [2.45, 2.75) is 38.3 Å². The molecule has 2 fully saturated rings. The Kier molecular flexibility index (Phi) is 5.89. The molecule has 2 aliphatic heterocycles. The summed E-state index contributed by atoms with van der Waals surface area (Å²) in [5.41, 5.74) is 0. The molecule has 2 atom stereocenters. The van der Waals surface area contributed by atoms with Gasteiger partial charge in [-0.2, -0.15) is 0 Å². The van der Waals surface area contributed by atoms with Gasteiger partial charge in [0.15, 0.2) is 0 Å². The molecule has 0 aliphatic carbocycles. The van der Waals surface area contributed by atoms with Crippen LogP contribution in [-0.4, -0.2) is 63.5 Å². The summed E-state index contributed by atoms with van der Waals surface area (Å²) in [6.07, 6.45) is 4.05. The van der Waals surface area contributed by atoms with Crippen molar-refractivity contribution in [3.8, 4) is 0 Å². The van der Waals surface area contributed by atoms with E-state index in [0.29, 0.717) is 18.1 Å². The predicted molar refractivity (Wildman–Crippen MR) is 72.9 cm³/mol. The lowest BCUT2D eigenvalue weighted by molar-refractivity contribution is 0.0357. The van der Waals surface area contributed by atoms with Crippen molar-refractivity contribution < 1.29 is 9.47 Å². The number of rotatable bonds is 6. The van der Waals surface area contributed by atoms with Crippen molar-refractivity contribution in [1.29, 1.82) is 0 Å². The molecule has 0 bridgehead atoms. The largest absolute Gasteiger partial charge is 0.381 e. The van der Waals surface area contributed by atoms with Gasteiger partial charge < -0.3 is 19.7 Å². The van der Waals surface area contributed by atoms with E-state index < -0.39 is 0 Å². The first-order valence-corrected chi connectivity index (χ1v) is 7.39. The summed E-state index contributed by atoms with van der Waals surface area (Å²) < 4.78 is 11.0. The predicted octanol–water partition coefficient (Wildman–Crippen LogP) is 1.11. The fourth-order valence-corrected chi connectivity index (χ4v) is 3.12. The van der Waals surface area contributed by atoms with Gasteiger partial charge in [0, 0.05) is 45.3 Å². The number of nitrogens with one attached hydrogen (secondary N) is 1. The molecule has 0 saturated carbocycles. The van der Waals surface area contributed by atoms with Gasteiger partial charge in [-0.15, -0.1) is 0 Å². The highest BCUT2D eigenvalue weighted by atomic mass is 16.5. The highest BCUT2D eigenvalue weighted by Crippen LogP contribution is 2.20. The topological polar surface area (TPSA) is 33.7 Å². The van der Waals surface area contributed by atoms with Crippen LogP contribution in [0.3, 0.4) is 0 Å². The van der Waals surface area contributed by atoms with Gasteiger partial charge in [-0.3, -0.25) is 0 Å². The highest BCUT2D eigenvalue weighted by molar-refractivity contribution is 4.84. The first kappa shape index (κ1) is 14.3. The molecule has 2 heterocycles. The standard InChI is InChI=1S/C14H28N2O2/c1-3-15-14(12-6-9-18-11-12)10-16-7-4-13(17-2)5-8-16/h12-15H,3-11H2,1-2H3. The van der Waals surface area contributed by atoms with Crippen LogP contribution < -0.4 is 5.32 Å². The van der Waals surface area contributed by atoms with Crippen LogP contribution in [0.1, 0.15) is 26.2 Å². The van der Waals surface area contributed by atoms with Gasteiger partial charge in [0.05, 0.1) is 12.7 Å². The molecule has 1 N–H and O–H groups in total. The molecular formula is C14H28N2O2. The van der Waals surface area contributed by atoms with E-state index in [9.17, 15) is 0 Å². The van der Waals surface area contributed by atoms with Gasteiger partial charge in [-0.25, -0.2) is 0 Å². The minimum absolute atomic E-state index is 0.480. The van der Waals surface area contributed by atoms with E-state index in [1.807, 2.05) is 7.11 Å². The molecule has 0 aromatic heterocycles. The number of piperidine rings is 1. The maximum atomic E-state index is 5.53. The number of methoxy groups -OCH3 is 1. The Bertz CT molecular complexity index is 224. The first-order valence-electron chi connectivity index (χ1n) is 7.39. The number of hydrogen-bond donors (Lipinski definition) is 1. The van der Waals surface area contributed by atoms with E-state index in [0.717, 1.165) is 26.3 Å². The fraction of sp³-hybridized carbons (Fsp3) is 1.00. The number of likely N-dealkylation sites (tertiary alicyclic amines) is 1. The average molecular weight is 256 g/mol. The molecular weight excluding hydrogens is 228 g/mol. The molecule has 0 radical (unpaired) electrons. The second-order valence-corrected chi connectivity index (χ2v) is 5.52. The van der Waals surface area contributed by atoms with Gasteiger partial charge in [0.2, 0.25) is 0 Å². The van der Waals surface area contributed by atoms with Crippen LogP contribution in [0.5, 0.6) is 0 Å². The Balaban J connectivity index is 1.77. The van der Waals surface area contributed by atoms with Crippen LogP contribution in [0.15, 0.2) is 0 Å². The van der Waals surface area contributed by atoms with Gasteiger partial charge in [0.1, 0.15) is 0 Å². The normalized spacial score (nSPS) is 28.7. The second kappa shape index (κ2) is 7.43. The molecule has 2 aliphatic rings. The molecule has 0 spiro atoms. The summed E-state index contributed by atoms with van der Waals surface area (Å²) in [6, 6.07) is 0.594. The van der Waals surface area contributed by atoms with E-state index in [2.05, 4.69) is 17.1 Å². The quantitative estimate of drug-likeness (QED) is 0.772. The number of ether oxygens (including phenoxy) is 2. The van der Waals surface area contributed by atoms with Crippen molar-refractivity contribution in [1.82, 2.24) is 10.2 Å². The summed E-state index contributed by atoms with van der Waals surface area (Å²) in [4.78, 5) is 2.58. The van der Waals surface area contributed by atoms with Crippen LogP contribution in [0.2, 0.25) is 0 Å². The van der Waals surface area contributed by atoms with Crippen LogP contribution in [0.4, 0.5) is 0 Å². The van der Waals surface area contributed by atoms with Crippen LogP contribution in [0.25, 0.3) is 0 Å². The average Bonchev–Trinajstić information content (AvgIpc) is 2.93. The van der Waals surface area contributed by atoms with E-state index >= 15 is 0 Å². The summed E-state index contributed by atoms with van der Waals surface area (Å²) in [6.45, 7) is 8.64. The van der Waals surface area contributed by atoms with Gasteiger partial charge >= 0.3 is 0 Å². The molecule has 0 aromatic carbocycles. The molecule has 2 rings (SSSR count). The highest BCUT2D eigenvalue weighted by Gasteiger charge is 2.28. The second-order valence-electron chi connectivity index (χ2n) is 5.52. The SMILES string of the molecule is CCNC(CN1CCC(OC)CC1)C1CCOC1. The van der Waals surface area contributed by atoms with Gasteiger partial charge in [0.25, 0.3) is 0 Å². The Morgan fingerprint density at radius 1 is 1.33 bits per heavy atom. The summed E-state index contributed by atoms with van der Waals surface area (Å²) in [5.74, 6) is 0.699. The van der Waals surface area contributed by atoms with E-state index in [4.69, 9.17) is 9.47 Å². The maximum Gasteiger partial charge on any atom is 0.0595 e. The van der Waals surface area contributed by atoms with Crippen molar-refractivity contribution >= 4 is 0 Å². The molecule has 106 valence electrons. The lowest BCUT2D eigenvalue weighted by Gasteiger charge is -2.35. The number of likely N-dealkylation sites (N-methyl/N-ethyl adjacent to an activating group) is 1. The van der Waals surface area contributed by atoms with Crippen LogP contribution in [-0.2, 0) is 9.47 Å². The third-order valence-electron chi connectivity index (χ3n) is 4.32. The third-order valence-corrected chi connectivity index (χ3v) is 4.32. The zero-order valence-corrected chi connectivity index (χ0v) is 11.9. The molecule has 18 heavy (non-hydrogen) atoms. The van der Waals surface area contributed by atoms with E-state index in [-0.39, 0.29) is 0 Å². The fourth-order valence-electron chi connectivity index (χ4n) is 3.12. The zero-order chi connectivity index (χ0) is 12.8. The summed E-state index contributed by atoms with van der Waals surface area (Å²) in [5, 5.41) is 3.64. The van der Waals surface area contributed by atoms with Crippen molar-refractivity contribution in [3.05, 3.63) is 0 Å². The summed E-state index contributed by atoms with van der Waals surface area (Å²) in [7, 11) is 1.83. The molecule has 2 saturated heterocycles. The zero-order valence-electron chi connectivity index (χ0n) is 11.9. The monoisotopic (exact) mass is 256 g/mol. The Morgan fingerprint density at radius 3 is 2.67 bits per heavy atom. The number of hydrogen-bond acceptors (Lipinski definition) is 4. The summed E-state index contributed by atoms with van der Waals surface area (Å²) >= 11 is 0. The Hall–Kier alpha value is -0.160. The van der Waals surface area contributed by atoms with Crippen molar-refractivity contribution in [3.63, 3.8) is 0 Å². The molecule has 4 nitrogen and oxygen atoms in total. The van der Waals surface area contributed by atoms with E-state index in [1.165, 1.54) is 32.4 Å². The van der Waals surface area contributed by atoms with Crippen LogP contribution in [0, 0.1) is 5.92 Å². The first-order chi connectivity index (χ1) is 8.83. The Morgan fingerprint density at radius 2 is 2.11 bits per heavy atom. The smallest absolute Gasteiger partial charge is 0.0595 e. The molecule has 0 amide bonds. The van der Waals surface area contributed by atoms with E-state index in [1.54, 1.807) is 0 Å². The number of nitrogens with zero attached hydrogens (tertiary/aromatic N) is 1. The minimum Gasteiger partial charge on any atom is -0.381 e. The Labute approximate surface area is 111 Å². The molecule has 2 unspecified atom stereocenters.